The average Bonchev–Trinajstić information content (AvgIpc) is 2.99. The number of likely N-dealkylation sites (tertiary alicyclic amines) is 1. The predicted octanol–water partition coefficient (Wildman–Crippen LogP) is 0.517. The minimum Gasteiger partial charge on any atom is -0.316 e. The van der Waals surface area contributed by atoms with Gasteiger partial charge < -0.3 is 10.2 Å². The second-order valence-electron chi connectivity index (χ2n) is 5.41. The summed E-state index contributed by atoms with van der Waals surface area (Å²) < 4.78 is 26.3. The maximum Gasteiger partial charge on any atom is 0.260 e. The molecule has 0 aliphatic carbocycles. The van der Waals surface area contributed by atoms with Crippen LogP contribution in [0.4, 0.5) is 0 Å². The van der Waals surface area contributed by atoms with E-state index in [9.17, 15) is 8.42 Å². The van der Waals surface area contributed by atoms with Crippen LogP contribution in [0, 0.1) is 0 Å². The predicted molar refractivity (Wildman–Crippen MR) is 82.5 cm³/mol. The SMILES string of the molecule is CNCc1ccc(S(=O)(=O)N(C)CCN2CCCC2)nc1. The first-order valence-electron chi connectivity index (χ1n) is 7.32. The molecule has 6 nitrogen and oxygen atoms in total. The summed E-state index contributed by atoms with van der Waals surface area (Å²) in [6.45, 7) is 4.11. The second-order valence-corrected chi connectivity index (χ2v) is 7.40. The van der Waals surface area contributed by atoms with Gasteiger partial charge in [0.05, 0.1) is 0 Å². The maximum absolute atomic E-state index is 12.4. The van der Waals surface area contributed by atoms with Crippen LogP contribution < -0.4 is 5.32 Å². The van der Waals surface area contributed by atoms with Crippen LogP contribution in [0.1, 0.15) is 18.4 Å². The lowest BCUT2D eigenvalue weighted by atomic mass is 10.3. The molecule has 21 heavy (non-hydrogen) atoms. The van der Waals surface area contributed by atoms with Gasteiger partial charge in [-0.3, -0.25) is 0 Å². The van der Waals surface area contributed by atoms with Gasteiger partial charge in [-0.25, -0.2) is 13.4 Å². The molecule has 1 aliphatic heterocycles. The minimum absolute atomic E-state index is 0.117. The number of rotatable bonds is 7. The van der Waals surface area contributed by atoms with Crippen molar-refractivity contribution >= 4 is 10.0 Å². The van der Waals surface area contributed by atoms with Crippen molar-refractivity contribution in [2.24, 2.45) is 0 Å². The normalized spacial score (nSPS) is 16.7. The Balaban J connectivity index is 1.98. The van der Waals surface area contributed by atoms with Gasteiger partial charge in [-0.2, -0.15) is 4.31 Å². The molecular weight excluding hydrogens is 288 g/mol. The molecule has 0 saturated carbocycles. The van der Waals surface area contributed by atoms with Crippen molar-refractivity contribution in [2.45, 2.75) is 24.4 Å². The Morgan fingerprint density at radius 1 is 1.33 bits per heavy atom. The Kier molecular flexibility index (Phi) is 5.69. The van der Waals surface area contributed by atoms with Gasteiger partial charge in [0.15, 0.2) is 5.03 Å². The summed E-state index contributed by atoms with van der Waals surface area (Å²) in [7, 11) is -0.0236. The number of sulfonamides is 1. The van der Waals surface area contributed by atoms with E-state index in [1.54, 1.807) is 25.4 Å². The van der Waals surface area contributed by atoms with Gasteiger partial charge in [-0.05, 0) is 44.6 Å². The summed E-state index contributed by atoms with van der Waals surface area (Å²) in [6, 6.07) is 3.37. The standard InChI is InChI=1S/C14H24N4O2S/c1-15-11-13-5-6-14(16-12-13)21(19,20)17(2)9-10-18-7-3-4-8-18/h5-6,12,15H,3-4,7-11H2,1-2H3. The van der Waals surface area contributed by atoms with Crippen molar-refractivity contribution < 1.29 is 8.42 Å². The molecule has 1 aliphatic rings. The molecule has 7 heteroatoms. The van der Waals surface area contributed by atoms with Gasteiger partial charge >= 0.3 is 0 Å². The Labute approximate surface area is 127 Å². The molecule has 118 valence electrons. The van der Waals surface area contributed by atoms with Crippen LogP contribution in [0.5, 0.6) is 0 Å². The van der Waals surface area contributed by atoms with Crippen LogP contribution in [0.15, 0.2) is 23.4 Å². The summed E-state index contributed by atoms with van der Waals surface area (Å²) in [5, 5.41) is 3.13. The number of hydrogen-bond acceptors (Lipinski definition) is 5. The molecule has 0 radical (unpaired) electrons. The Hall–Kier alpha value is -1.02. The Morgan fingerprint density at radius 3 is 2.62 bits per heavy atom. The largest absolute Gasteiger partial charge is 0.316 e. The molecular formula is C14H24N4O2S. The highest BCUT2D eigenvalue weighted by Crippen LogP contribution is 2.13. The molecule has 2 heterocycles. The molecule has 0 aromatic carbocycles. The van der Waals surface area contributed by atoms with Crippen molar-refractivity contribution in [1.82, 2.24) is 19.5 Å². The molecule has 0 bridgehead atoms. The van der Waals surface area contributed by atoms with Crippen molar-refractivity contribution in [2.75, 3.05) is 40.3 Å². The summed E-state index contributed by atoms with van der Waals surface area (Å²) in [5.74, 6) is 0. The molecule has 1 aromatic rings. The van der Waals surface area contributed by atoms with Crippen LogP contribution in [0.3, 0.4) is 0 Å². The third-order valence-corrected chi connectivity index (χ3v) is 5.56. The smallest absolute Gasteiger partial charge is 0.260 e. The fourth-order valence-corrected chi connectivity index (χ4v) is 3.51. The third kappa shape index (κ3) is 4.23. The van der Waals surface area contributed by atoms with Gasteiger partial charge in [-0.1, -0.05) is 6.07 Å². The second kappa shape index (κ2) is 7.31. The van der Waals surface area contributed by atoms with Crippen molar-refractivity contribution in [3.8, 4) is 0 Å². The molecule has 1 saturated heterocycles. The summed E-state index contributed by atoms with van der Waals surface area (Å²) in [5.41, 5.74) is 0.969. The number of hydrogen-bond donors (Lipinski definition) is 1. The molecule has 0 spiro atoms. The van der Waals surface area contributed by atoms with Crippen LogP contribution in [-0.2, 0) is 16.6 Å². The highest BCUT2D eigenvalue weighted by molar-refractivity contribution is 7.89. The van der Waals surface area contributed by atoms with Gasteiger partial charge in [0.25, 0.3) is 10.0 Å². The monoisotopic (exact) mass is 312 g/mol. The number of nitrogens with zero attached hydrogens (tertiary/aromatic N) is 3. The zero-order valence-corrected chi connectivity index (χ0v) is 13.6. The van der Waals surface area contributed by atoms with E-state index in [2.05, 4.69) is 15.2 Å². The van der Waals surface area contributed by atoms with Gasteiger partial charge in [0.2, 0.25) is 0 Å². The topological polar surface area (TPSA) is 65.5 Å². The van der Waals surface area contributed by atoms with E-state index >= 15 is 0 Å². The van der Waals surface area contributed by atoms with E-state index in [-0.39, 0.29) is 5.03 Å². The number of nitrogens with one attached hydrogen (secondary N) is 1. The average molecular weight is 312 g/mol. The quantitative estimate of drug-likeness (QED) is 0.795. The zero-order valence-electron chi connectivity index (χ0n) is 12.7. The fourth-order valence-electron chi connectivity index (χ4n) is 2.44. The lowest BCUT2D eigenvalue weighted by molar-refractivity contribution is 0.309. The molecule has 0 atom stereocenters. The van der Waals surface area contributed by atoms with Crippen molar-refractivity contribution in [3.63, 3.8) is 0 Å². The molecule has 1 fully saturated rings. The molecule has 0 amide bonds. The maximum atomic E-state index is 12.4. The van der Waals surface area contributed by atoms with Crippen LogP contribution in [0.2, 0.25) is 0 Å². The zero-order chi connectivity index (χ0) is 15.3. The lowest BCUT2D eigenvalue weighted by Gasteiger charge is -2.20. The molecule has 0 unspecified atom stereocenters. The summed E-state index contributed by atoms with van der Waals surface area (Å²) in [6.07, 6.45) is 4.04. The molecule has 2 rings (SSSR count). The first-order chi connectivity index (χ1) is 10.0. The van der Waals surface area contributed by atoms with Gasteiger partial charge in [0.1, 0.15) is 0 Å². The van der Waals surface area contributed by atoms with Crippen molar-refractivity contribution in [3.05, 3.63) is 23.9 Å². The van der Waals surface area contributed by atoms with E-state index in [4.69, 9.17) is 0 Å². The number of pyridine rings is 1. The Bertz CT molecular complexity index is 539. The van der Waals surface area contributed by atoms with E-state index in [1.165, 1.54) is 17.1 Å². The highest BCUT2D eigenvalue weighted by atomic mass is 32.2. The van der Waals surface area contributed by atoms with Crippen molar-refractivity contribution in [1.29, 1.82) is 0 Å². The minimum atomic E-state index is -3.49. The van der Waals surface area contributed by atoms with E-state index in [0.717, 1.165) is 25.2 Å². The molecule has 1 aromatic heterocycles. The first kappa shape index (κ1) is 16.4. The van der Waals surface area contributed by atoms with Gasteiger partial charge in [0, 0.05) is 32.9 Å². The van der Waals surface area contributed by atoms with Crippen LogP contribution >= 0.6 is 0 Å². The number of likely N-dealkylation sites (N-methyl/N-ethyl adjacent to an activating group) is 1. The highest BCUT2D eigenvalue weighted by Gasteiger charge is 2.23. The summed E-state index contributed by atoms with van der Waals surface area (Å²) in [4.78, 5) is 6.39. The fraction of sp³-hybridized carbons (Fsp3) is 0.643. The third-order valence-electron chi connectivity index (χ3n) is 3.78. The lowest BCUT2D eigenvalue weighted by Crippen LogP contribution is -2.35. The van der Waals surface area contributed by atoms with Gasteiger partial charge in [-0.15, -0.1) is 0 Å². The van der Waals surface area contributed by atoms with E-state index in [1.807, 2.05) is 7.05 Å². The summed E-state index contributed by atoms with van der Waals surface area (Å²) >= 11 is 0. The number of aromatic nitrogens is 1. The van der Waals surface area contributed by atoms with E-state index < -0.39 is 10.0 Å². The molecule has 1 N–H and O–H groups in total. The van der Waals surface area contributed by atoms with Crippen LogP contribution in [0.25, 0.3) is 0 Å². The van der Waals surface area contributed by atoms with E-state index in [0.29, 0.717) is 13.1 Å². The van der Waals surface area contributed by atoms with Crippen LogP contribution in [-0.4, -0.2) is 62.9 Å². The first-order valence-corrected chi connectivity index (χ1v) is 8.76. The Morgan fingerprint density at radius 2 is 2.05 bits per heavy atom.